The normalized spacial score (nSPS) is 10.9. The fourth-order valence-electron chi connectivity index (χ4n) is 3.08. The lowest BCUT2D eigenvalue weighted by atomic mass is 10.0. The van der Waals surface area contributed by atoms with E-state index in [1.807, 2.05) is 19.1 Å². The lowest BCUT2D eigenvalue weighted by molar-refractivity contribution is -0.741. The summed E-state index contributed by atoms with van der Waals surface area (Å²) in [6, 6.07) is 7.38. The molecule has 0 saturated heterocycles. The number of pyridine rings is 2. The zero-order valence-corrected chi connectivity index (χ0v) is 16.1. The minimum absolute atomic E-state index is 0.00488. The Labute approximate surface area is 167 Å². The summed E-state index contributed by atoms with van der Waals surface area (Å²) in [4.78, 5) is 34.0. The zero-order chi connectivity index (χ0) is 20.9. The Morgan fingerprint density at radius 2 is 2.10 bits per heavy atom. The van der Waals surface area contributed by atoms with Crippen LogP contribution in [0.3, 0.4) is 0 Å². The first kappa shape index (κ1) is 18.3. The average Bonchev–Trinajstić information content (AvgIpc) is 3.19. The molecule has 10 nitrogen and oxygen atoms in total. The Kier molecular flexibility index (Phi) is 4.13. The second-order valence-corrected chi connectivity index (χ2v) is 7.26. The molecule has 4 aromatic rings. The Morgan fingerprint density at radius 1 is 1.34 bits per heavy atom. The van der Waals surface area contributed by atoms with E-state index in [2.05, 4.69) is 19.8 Å². The number of aromatic nitrogens is 4. The average molecular weight is 408 g/mol. The number of thiophene rings is 1. The largest absolute Gasteiger partial charge is 0.438 e. The van der Waals surface area contributed by atoms with Gasteiger partial charge in [-0.2, -0.15) is 5.26 Å². The summed E-state index contributed by atoms with van der Waals surface area (Å²) >= 11 is 0.983. The van der Waals surface area contributed by atoms with Crippen molar-refractivity contribution in [3.8, 4) is 17.3 Å². The Morgan fingerprint density at radius 3 is 2.72 bits per heavy atom. The van der Waals surface area contributed by atoms with Gasteiger partial charge in [0.15, 0.2) is 7.05 Å². The van der Waals surface area contributed by atoms with E-state index >= 15 is 0 Å². The first-order valence-electron chi connectivity index (χ1n) is 8.31. The molecule has 0 atom stereocenters. The van der Waals surface area contributed by atoms with Gasteiger partial charge in [-0.3, -0.25) is 14.3 Å². The van der Waals surface area contributed by atoms with Crippen LogP contribution >= 0.6 is 11.3 Å². The zero-order valence-electron chi connectivity index (χ0n) is 15.3. The first-order valence-corrected chi connectivity index (χ1v) is 9.13. The van der Waals surface area contributed by atoms with Crippen molar-refractivity contribution in [2.75, 3.05) is 11.5 Å². The second kappa shape index (κ2) is 6.54. The van der Waals surface area contributed by atoms with Crippen LogP contribution in [0.1, 0.15) is 26.6 Å². The smallest absolute Gasteiger partial charge is 0.397 e. The van der Waals surface area contributed by atoms with Crippen LogP contribution in [0.2, 0.25) is 0 Å². The summed E-state index contributed by atoms with van der Waals surface area (Å²) in [6.45, 7) is 1.81. The van der Waals surface area contributed by atoms with Crippen LogP contribution in [0.5, 0.6) is 0 Å². The maximum Gasteiger partial charge on any atom is 0.438 e. The lowest BCUT2D eigenvalue weighted by Gasteiger charge is -2.09. The van der Waals surface area contributed by atoms with Gasteiger partial charge in [0, 0.05) is 16.6 Å². The molecule has 0 aliphatic rings. The Hall–Kier alpha value is -4.04. The topological polar surface area (TPSA) is 169 Å². The van der Waals surface area contributed by atoms with Gasteiger partial charge in [-0.05, 0) is 24.3 Å². The molecule has 0 saturated carbocycles. The molecular formula is C18H14N7O3S+. The maximum atomic E-state index is 13.0. The van der Waals surface area contributed by atoms with Gasteiger partial charge >= 0.3 is 11.3 Å². The van der Waals surface area contributed by atoms with Crippen molar-refractivity contribution in [3.05, 3.63) is 50.4 Å². The van der Waals surface area contributed by atoms with Gasteiger partial charge in [-0.15, -0.1) is 11.3 Å². The molecule has 4 rings (SSSR count). The highest BCUT2D eigenvalue weighted by atomic mass is 32.1. The van der Waals surface area contributed by atoms with E-state index < -0.39 is 11.4 Å². The molecule has 144 valence electrons. The van der Waals surface area contributed by atoms with Crippen molar-refractivity contribution in [1.29, 1.82) is 5.26 Å². The Balaban J connectivity index is 2.07. The van der Waals surface area contributed by atoms with E-state index in [-0.39, 0.29) is 27.6 Å². The molecule has 29 heavy (non-hydrogen) atoms. The number of carbonyl (C=O) groups is 1. The number of ketones is 1. The molecule has 0 bridgehead atoms. The van der Waals surface area contributed by atoms with Gasteiger partial charge < -0.3 is 11.5 Å². The number of H-pyrrole nitrogens is 1. The number of fused-ring (bicyclic) bond motifs is 1. The predicted octanol–water partition coefficient (Wildman–Crippen LogP) is 1.04. The van der Waals surface area contributed by atoms with Crippen LogP contribution in [0.4, 0.5) is 11.5 Å². The highest BCUT2D eigenvalue weighted by molar-refractivity contribution is 7.21. The molecule has 0 aliphatic heterocycles. The molecule has 0 unspecified atom stereocenters. The molecule has 4 heterocycles. The number of hydrogen-bond acceptors (Lipinski definition) is 9. The fraction of sp³-hybridized carbons (Fsp3) is 0.111. The van der Waals surface area contributed by atoms with Crippen LogP contribution in [-0.4, -0.2) is 21.0 Å². The monoisotopic (exact) mass is 408 g/mol. The van der Waals surface area contributed by atoms with E-state index in [0.717, 1.165) is 17.0 Å². The molecule has 0 fully saturated rings. The molecule has 0 aromatic carbocycles. The second-order valence-electron chi connectivity index (χ2n) is 6.27. The summed E-state index contributed by atoms with van der Waals surface area (Å²) in [5.41, 5.74) is 13.1. The fourth-order valence-corrected chi connectivity index (χ4v) is 4.14. The van der Waals surface area contributed by atoms with Crippen molar-refractivity contribution in [2.45, 2.75) is 6.92 Å². The minimum Gasteiger partial charge on any atom is -0.397 e. The van der Waals surface area contributed by atoms with Crippen LogP contribution < -0.4 is 21.8 Å². The summed E-state index contributed by atoms with van der Waals surface area (Å²) < 4.78 is 5.82. The number of nitriles is 1. The highest BCUT2D eigenvalue weighted by Crippen LogP contribution is 2.42. The molecule has 0 spiro atoms. The number of nitrogens with one attached hydrogen (secondary N) is 1. The molecular weight excluding hydrogens is 394 g/mol. The molecule has 11 heteroatoms. The number of rotatable bonds is 3. The third kappa shape index (κ3) is 2.74. The van der Waals surface area contributed by atoms with Crippen molar-refractivity contribution < 1.29 is 14.0 Å². The van der Waals surface area contributed by atoms with Crippen LogP contribution in [0.15, 0.2) is 27.5 Å². The van der Waals surface area contributed by atoms with E-state index in [1.165, 1.54) is 11.7 Å². The molecule has 0 amide bonds. The number of nitrogens with zero attached hydrogens (tertiary/aromatic N) is 4. The standard InChI is InChI=1S/C18H13N7O3S/c1-7-4-3-5-9(22-7)10-8(6-19)16(21)23-17-11(10)12(20)15(29-17)14(26)13-18(27)28-24-25(13)2/h3-5H,1-2H3,(H4-,20,21,23,24,26,27)/p+1. The van der Waals surface area contributed by atoms with E-state index in [9.17, 15) is 14.9 Å². The Bertz CT molecular complexity index is 1410. The summed E-state index contributed by atoms with van der Waals surface area (Å²) in [7, 11) is 1.47. The predicted molar refractivity (Wildman–Crippen MR) is 105 cm³/mol. The van der Waals surface area contributed by atoms with Gasteiger partial charge in [0.25, 0.3) is 5.78 Å². The number of hydrogen-bond donors (Lipinski definition) is 3. The van der Waals surface area contributed by atoms with Crippen LogP contribution in [0.25, 0.3) is 21.5 Å². The van der Waals surface area contributed by atoms with Gasteiger partial charge in [0.05, 0.1) is 11.4 Å². The number of anilines is 2. The third-order valence-electron chi connectivity index (χ3n) is 4.39. The van der Waals surface area contributed by atoms with Gasteiger partial charge in [0.2, 0.25) is 0 Å². The molecule has 0 aliphatic carbocycles. The number of nitrogens with two attached hydrogens (primary N) is 2. The van der Waals surface area contributed by atoms with Gasteiger partial charge in [-0.25, -0.2) is 9.78 Å². The van der Waals surface area contributed by atoms with E-state index in [0.29, 0.717) is 21.5 Å². The highest BCUT2D eigenvalue weighted by Gasteiger charge is 2.33. The van der Waals surface area contributed by atoms with Crippen LogP contribution in [-0.2, 0) is 7.05 Å². The number of carbonyl (C=O) groups excluding carboxylic acids is 1. The summed E-state index contributed by atoms with van der Waals surface area (Å²) in [5, 5.41) is 12.3. The van der Waals surface area contributed by atoms with Crippen molar-refractivity contribution in [3.63, 3.8) is 0 Å². The van der Waals surface area contributed by atoms with E-state index in [4.69, 9.17) is 11.5 Å². The SMILES string of the molecule is Cc1cccc(-c2c(C#N)c(N)nc3sc(C(=O)c4c(=O)o[nH][n+]4C)c(N)c23)n1. The lowest BCUT2D eigenvalue weighted by Crippen LogP contribution is -2.39. The summed E-state index contributed by atoms with van der Waals surface area (Å²) in [5.74, 6) is -0.617. The summed E-state index contributed by atoms with van der Waals surface area (Å²) in [6.07, 6.45) is 0. The minimum atomic E-state index is -0.819. The number of aryl methyl sites for hydroxylation is 2. The number of aromatic amines is 1. The van der Waals surface area contributed by atoms with Gasteiger partial charge in [0.1, 0.15) is 27.2 Å². The van der Waals surface area contributed by atoms with Crippen molar-refractivity contribution >= 4 is 38.8 Å². The maximum absolute atomic E-state index is 13.0. The van der Waals surface area contributed by atoms with Gasteiger partial charge in [-0.1, -0.05) is 10.7 Å². The molecule has 4 aromatic heterocycles. The van der Waals surface area contributed by atoms with Crippen LogP contribution in [0, 0.1) is 18.3 Å². The van der Waals surface area contributed by atoms with Crippen molar-refractivity contribution in [1.82, 2.24) is 15.2 Å². The van der Waals surface area contributed by atoms with E-state index in [1.54, 1.807) is 12.1 Å². The number of nitrogen functional groups attached to an aromatic ring is 2. The van der Waals surface area contributed by atoms with Crippen molar-refractivity contribution in [2.24, 2.45) is 7.05 Å². The molecule has 0 radical (unpaired) electrons. The quantitative estimate of drug-likeness (QED) is 0.333. The molecule has 5 N–H and O–H groups in total. The first-order chi connectivity index (χ1) is 13.8. The third-order valence-corrected chi connectivity index (χ3v) is 5.48.